The molecule has 0 bridgehead atoms. The first-order valence-corrected chi connectivity index (χ1v) is 17.2. The van der Waals surface area contributed by atoms with Crippen LogP contribution in [0.25, 0.3) is 11.1 Å². The van der Waals surface area contributed by atoms with Crippen molar-refractivity contribution in [2.45, 2.75) is 57.2 Å². The smallest absolute Gasteiger partial charge is 0.341 e. The molecule has 0 fully saturated rings. The lowest BCUT2D eigenvalue weighted by Crippen LogP contribution is -2.23. The van der Waals surface area contributed by atoms with E-state index in [1.807, 2.05) is 86.8 Å². The number of nitrogens with one attached hydrogen (secondary N) is 1. The van der Waals surface area contributed by atoms with Gasteiger partial charge in [-0.1, -0.05) is 75.7 Å². The SMILES string of the molecule is CCCCOC(=O)c1c(S(N)(=O)=O)sc(CC(C)C)c1-c1cccc(CNC(=O)c2sccc2Cc2ccccc2)c1. The third-order valence-electron chi connectivity index (χ3n) is 6.60. The molecule has 1 amide bonds. The zero-order chi connectivity index (χ0) is 30.3. The molecule has 42 heavy (non-hydrogen) atoms. The lowest BCUT2D eigenvalue weighted by Gasteiger charge is -2.12. The molecule has 222 valence electrons. The number of benzene rings is 2. The summed E-state index contributed by atoms with van der Waals surface area (Å²) in [5.41, 5.74) is 4.10. The number of unbranched alkanes of at least 4 members (excludes halogenated alkanes) is 1. The number of esters is 1. The van der Waals surface area contributed by atoms with Gasteiger partial charge < -0.3 is 10.1 Å². The van der Waals surface area contributed by atoms with Crippen LogP contribution in [0, 0.1) is 5.92 Å². The van der Waals surface area contributed by atoms with Gasteiger partial charge in [0.15, 0.2) is 0 Å². The number of rotatable bonds is 13. The predicted molar refractivity (Wildman–Crippen MR) is 170 cm³/mol. The summed E-state index contributed by atoms with van der Waals surface area (Å²) in [6.07, 6.45) is 2.73. The number of carbonyl (C=O) groups excluding carboxylic acids is 2. The molecule has 4 aromatic rings. The van der Waals surface area contributed by atoms with E-state index in [0.717, 1.165) is 39.3 Å². The molecule has 0 saturated heterocycles. The third-order valence-corrected chi connectivity index (χ3v) is 10.2. The van der Waals surface area contributed by atoms with Gasteiger partial charge in [0.1, 0.15) is 4.21 Å². The van der Waals surface area contributed by atoms with E-state index in [-0.39, 0.29) is 34.7 Å². The molecule has 0 atom stereocenters. The summed E-state index contributed by atoms with van der Waals surface area (Å²) < 4.78 is 30.5. The number of ether oxygens (including phenoxy) is 1. The van der Waals surface area contributed by atoms with Crippen LogP contribution in [0.15, 0.2) is 70.3 Å². The summed E-state index contributed by atoms with van der Waals surface area (Å²) >= 11 is 2.43. The molecular formula is C32H36N2O5S3. The predicted octanol–water partition coefficient (Wildman–Crippen LogP) is 6.80. The monoisotopic (exact) mass is 624 g/mol. The van der Waals surface area contributed by atoms with Crippen LogP contribution < -0.4 is 10.5 Å². The minimum atomic E-state index is -4.18. The van der Waals surface area contributed by atoms with E-state index in [2.05, 4.69) is 5.32 Å². The Hall–Kier alpha value is -3.31. The zero-order valence-electron chi connectivity index (χ0n) is 24.0. The number of sulfonamides is 1. The minimum Gasteiger partial charge on any atom is -0.462 e. The van der Waals surface area contributed by atoms with E-state index in [1.165, 1.54) is 11.3 Å². The van der Waals surface area contributed by atoms with E-state index in [4.69, 9.17) is 9.88 Å². The van der Waals surface area contributed by atoms with Crippen molar-refractivity contribution in [2.75, 3.05) is 6.61 Å². The standard InChI is InChI=1S/C32H36N2O5S3/c1-4-5-15-39-31(36)28-27(26(17-21(2)3)41-32(28)42(33,37)38)24-13-9-12-23(19-24)20-34-30(35)29-25(14-16-40-29)18-22-10-7-6-8-11-22/h6-14,16,19,21H,4-5,15,17-18,20H2,1-3H3,(H,34,35)(H2,33,37,38). The average molecular weight is 625 g/mol. The fourth-order valence-electron chi connectivity index (χ4n) is 4.63. The van der Waals surface area contributed by atoms with Gasteiger partial charge in [-0.3, -0.25) is 4.79 Å². The van der Waals surface area contributed by atoms with Crippen molar-refractivity contribution in [3.05, 3.63) is 98.1 Å². The zero-order valence-corrected chi connectivity index (χ0v) is 26.5. The van der Waals surface area contributed by atoms with E-state index in [9.17, 15) is 18.0 Å². The molecular weight excluding hydrogens is 589 g/mol. The third kappa shape index (κ3) is 7.95. The van der Waals surface area contributed by atoms with Crippen molar-refractivity contribution >= 4 is 44.6 Å². The van der Waals surface area contributed by atoms with Gasteiger partial charge in [-0.25, -0.2) is 18.4 Å². The summed E-state index contributed by atoms with van der Waals surface area (Å²) in [4.78, 5) is 27.9. The van der Waals surface area contributed by atoms with E-state index < -0.39 is 16.0 Å². The molecule has 2 heterocycles. The summed E-state index contributed by atoms with van der Waals surface area (Å²) in [6, 6.07) is 19.4. The fourth-order valence-corrected chi connectivity index (χ4v) is 7.96. The van der Waals surface area contributed by atoms with Crippen LogP contribution in [0.4, 0.5) is 0 Å². The van der Waals surface area contributed by atoms with Crippen molar-refractivity contribution in [3.63, 3.8) is 0 Å². The molecule has 2 aromatic heterocycles. The van der Waals surface area contributed by atoms with Gasteiger partial charge >= 0.3 is 5.97 Å². The van der Waals surface area contributed by atoms with Gasteiger partial charge in [-0.05, 0) is 64.9 Å². The van der Waals surface area contributed by atoms with Crippen molar-refractivity contribution in [1.29, 1.82) is 0 Å². The molecule has 0 aliphatic heterocycles. The normalized spacial score (nSPS) is 11.5. The van der Waals surface area contributed by atoms with Gasteiger partial charge in [-0.2, -0.15) is 0 Å². The van der Waals surface area contributed by atoms with Gasteiger partial charge in [0.2, 0.25) is 10.0 Å². The lowest BCUT2D eigenvalue weighted by atomic mass is 9.96. The minimum absolute atomic E-state index is 0.0143. The summed E-state index contributed by atoms with van der Waals surface area (Å²) in [7, 11) is -4.18. The topological polar surface area (TPSA) is 116 Å². The number of hydrogen-bond donors (Lipinski definition) is 2. The molecule has 10 heteroatoms. The van der Waals surface area contributed by atoms with Crippen LogP contribution in [0.1, 0.15) is 75.2 Å². The highest BCUT2D eigenvalue weighted by Crippen LogP contribution is 2.41. The first-order chi connectivity index (χ1) is 20.1. The first kappa shape index (κ1) is 31.6. The second kappa shape index (κ2) is 14.2. The highest BCUT2D eigenvalue weighted by atomic mass is 32.2. The van der Waals surface area contributed by atoms with E-state index >= 15 is 0 Å². The molecule has 0 saturated carbocycles. The quantitative estimate of drug-likeness (QED) is 0.125. The van der Waals surface area contributed by atoms with Crippen LogP contribution >= 0.6 is 22.7 Å². The Bertz CT molecular complexity index is 1640. The Kier molecular flexibility index (Phi) is 10.7. The van der Waals surface area contributed by atoms with Crippen LogP contribution in [0.2, 0.25) is 0 Å². The second-order valence-corrected chi connectivity index (χ2v) is 14.3. The Morgan fingerprint density at radius 3 is 2.45 bits per heavy atom. The van der Waals surface area contributed by atoms with Crippen molar-refractivity contribution < 1.29 is 22.7 Å². The van der Waals surface area contributed by atoms with Gasteiger partial charge in [0, 0.05) is 17.0 Å². The number of carbonyl (C=O) groups is 2. The maximum absolute atomic E-state index is 13.3. The van der Waals surface area contributed by atoms with Crippen molar-refractivity contribution in [2.24, 2.45) is 11.1 Å². The summed E-state index contributed by atoms with van der Waals surface area (Å²) in [5.74, 6) is -0.650. The van der Waals surface area contributed by atoms with Crippen LogP contribution in [0.3, 0.4) is 0 Å². The summed E-state index contributed by atoms with van der Waals surface area (Å²) in [6.45, 7) is 6.49. The summed E-state index contributed by atoms with van der Waals surface area (Å²) in [5, 5.41) is 10.5. The van der Waals surface area contributed by atoms with Crippen molar-refractivity contribution in [1.82, 2.24) is 5.32 Å². The Labute approximate surface area is 255 Å². The molecule has 0 spiro atoms. The van der Waals surface area contributed by atoms with Crippen LogP contribution in [-0.2, 0) is 34.1 Å². The molecule has 3 N–H and O–H groups in total. The maximum atomic E-state index is 13.3. The molecule has 0 radical (unpaired) electrons. The number of primary sulfonamides is 1. The molecule has 0 aliphatic carbocycles. The molecule has 4 rings (SSSR count). The van der Waals surface area contributed by atoms with Gasteiger partial charge in [0.05, 0.1) is 17.0 Å². The number of nitrogens with two attached hydrogens (primary N) is 1. The number of amides is 1. The average Bonchev–Trinajstić information content (AvgIpc) is 3.57. The highest BCUT2D eigenvalue weighted by molar-refractivity contribution is 7.91. The molecule has 2 aromatic carbocycles. The fraction of sp³-hybridized carbons (Fsp3) is 0.312. The van der Waals surface area contributed by atoms with Gasteiger partial charge in [0.25, 0.3) is 5.91 Å². The number of hydrogen-bond acceptors (Lipinski definition) is 7. The van der Waals surface area contributed by atoms with E-state index in [0.29, 0.717) is 35.3 Å². The number of thiophene rings is 2. The van der Waals surface area contributed by atoms with Gasteiger partial charge in [-0.15, -0.1) is 22.7 Å². The largest absolute Gasteiger partial charge is 0.462 e. The maximum Gasteiger partial charge on any atom is 0.341 e. The molecule has 0 unspecified atom stereocenters. The highest BCUT2D eigenvalue weighted by Gasteiger charge is 2.31. The van der Waals surface area contributed by atoms with Crippen LogP contribution in [0.5, 0.6) is 0 Å². The van der Waals surface area contributed by atoms with Crippen molar-refractivity contribution in [3.8, 4) is 11.1 Å². The molecule has 7 nitrogen and oxygen atoms in total. The van der Waals surface area contributed by atoms with Crippen LogP contribution in [-0.4, -0.2) is 26.9 Å². The first-order valence-electron chi connectivity index (χ1n) is 13.9. The lowest BCUT2D eigenvalue weighted by molar-refractivity contribution is 0.0497. The van der Waals surface area contributed by atoms with E-state index in [1.54, 1.807) is 0 Å². The second-order valence-electron chi connectivity index (χ2n) is 10.5. The molecule has 0 aliphatic rings. The Morgan fingerprint density at radius 2 is 1.76 bits per heavy atom. The Morgan fingerprint density at radius 1 is 1.02 bits per heavy atom. The Balaban J connectivity index is 1.63.